The van der Waals surface area contributed by atoms with Crippen LogP contribution in [0.15, 0.2) is 12.1 Å². The summed E-state index contributed by atoms with van der Waals surface area (Å²) in [5.74, 6) is -0.808. The van der Waals surface area contributed by atoms with Crippen LogP contribution in [0.4, 0.5) is 0 Å². The minimum absolute atomic E-state index is 0.205. The highest BCUT2D eigenvalue weighted by molar-refractivity contribution is 6.35. The SMILES string of the molecule is COC(=O)c1c(CCCOC(C)=O)c2ccc(Cl)c(-c3c(C)nn(C)c3CO)c2n1C. The summed E-state index contributed by atoms with van der Waals surface area (Å²) >= 11 is 6.65. The zero-order valence-corrected chi connectivity index (χ0v) is 19.0. The number of carbonyl (C=O) groups excluding carboxylic acids is 2. The Morgan fingerprint density at radius 3 is 2.55 bits per heavy atom. The number of aromatic nitrogens is 3. The Morgan fingerprint density at radius 1 is 1.23 bits per heavy atom. The van der Waals surface area contributed by atoms with Gasteiger partial charge < -0.3 is 19.1 Å². The molecule has 0 aliphatic heterocycles. The summed E-state index contributed by atoms with van der Waals surface area (Å²) < 4.78 is 13.5. The zero-order valence-electron chi connectivity index (χ0n) is 18.3. The van der Waals surface area contributed by atoms with Crippen molar-refractivity contribution in [3.8, 4) is 11.1 Å². The molecule has 2 aromatic heterocycles. The van der Waals surface area contributed by atoms with E-state index in [9.17, 15) is 14.7 Å². The number of carbonyl (C=O) groups is 2. The Hall–Kier alpha value is -2.84. The van der Waals surface area contributed by atoms with Crippen molar-refractivity contribution in [3.63, 3.8) is 0 Å². The van der Waals surface area contributed by atoms with E-state index in [0.717, 1.165) is 27.7 Å². The van der Waals surface area contributed by atoms with E-state index >= 15 is 0 Å². The molecule has 1 aromatic carbocycles. The molecule has 0 spiro atoms. The van der Waals surface area contributed by atoms with E-state index < -0.39 is 5.97 Å². The molecular weight excluding hydrogens is 422 g/mol. The quantitative estimate of drug-likeness (QED) is 0.441. The summed E-state index contributed by atoms with van der Waals surface area (Å²) in [6.07, 6.45) is 1.06. The van der Waals surface area contributed by atoms with Crippen LogP contribution in [0.5, 0.6) is 0 Å². The smallest absolute Gasteiger partial charge is 0.354 e. The molecule has 9 heteroatoms. The van der Waals surface area contributed by atoms with Gasteiger partial charge in [-0.05, 0) is 31.4 Å². The van der Waals surface area contributed by atoms with Gasteiger partial charge in [0.05, 0.1) is 42.3 Å². The van der Waals surface area contributed by atoms with Crippen molar-refractivity contribution in [1.29, 1.82) is 0 Å². The molecule has 31 heavy (non-hydrogen) atoms. The summed E-state index contributed by atoms with van der Waals surface area (Å²) in [5, 5.41) is 15.7. The summed E-state index contributed by atoms with van der Waals surface area (Å²) in [4.78, 5) is 23.8. The van der Waals surface area contributed by atoms with Crippen molar-refractivity contribution in [1.82, 2.24) is 14.3 Å². The molecule has 0 saturated heterocycles. The molecule has 0 bridgehead atoms. The maximum atomic E-state index is 12.7. The third-order valence-electron chi connectivity index (χ3n) is 5.40. The Balaban J connectivity index is 2.28. The van der Waals surface area contributed by atoms with Gasteiger partial charge in [0.2, 0.25) is 0 Å². The molecule has 0 aliphatic carbocycles. The van der Waals surface area contributed by atoms with Crippen molar-refractivity contribution in [2.45, 2.75) is 33.3 Å². The van der Waals surface area contributed by atoms with Gasteiger partial charge in [-0.3, -0.25) is 9.48 Å². The van der Waals surface area contributed by atoms with Crippen LogP contribution >= 0.6 is 11.6 Å². The Labute approximate surface area is 185 Å². The van der Waals surface area contributed by atoms with Crippen LogP contribution in [0, 0.1) is 6.92 Å². The summed E-state index contributed by atoms with van der Waals surface area (Å²) in [5.41, 5.74) is 4.75. The maximum Gasteiger partial charge on any atom is 0.354 e. The molecule has 0 unspecified atom stereocenters. The molecule has 3 aromatic rings. The predicted molar refractivity (Wildman–Crippen MR) is 117 cm³/mol. The first-order valence-electron chi connectivity index (χ1n) is 9.88. The number of benzene rings is 1. The summed E-state index contributed by atoms with van der Waals surface area (Å²) in [6, 6.07) is 3.66. The van der Waals surface area contributed by atoms with Gasteiger partial charge in [-0.15, -0.1) is 0 Å². The van der Waals surface area contributed by atoms with Gasteiger partial charge in [0.15, 0.2) is 0 Å². The molecule has 3 rings (SSSR count). The predicted octanol–water partition coefficient (Wildman–Crippen LogP) is 3.32. The average Bonchev–Trinajstić information content (AvgIpc) is 3.17. The van der Waals surface area contributed by atoms with Crippen LogP contribution in [0.25, 0.3) is 22.0 Å². The van der Waals surface area contributed by atoms with Crippen molar-refractivity contribution < 1.29 is 24.2 Å². The fourth-order valence-electron chi connectivity index (χ4n) is 4.13. The van der Waals surface area contributed by atoms with Gasteiger partial charge in [-0.2, -0.15) is 5.10 Å². The molecule has 0 fully saturated rings. The topological polar surface area (TPSA) is 95.6 Å². The Morgan fingerprint density at radius 2 is 1.94 bits per heavy atom. The Kier molecular flexibility index (Phi) is 6.71. The van der Waals surface area contributed by atoms with Gasteiger partial charge in [0.1, 0.15) is 5.69 Å². The second-order valence-corrected chi connectivity index (χ2v) is 7.74. The van der Waals surface area contributed by atoms with Crippen LogP contribution in [0.2, 0.25) is 5.02 Å². The van der Waals surface area contributed by atoms with Gasteiger partial charge in [-0.25, -0.2) is 4.79 Å². The van der Waals surface area contributed by atoms with E-state index in [-0.39, 0.29) is 19.2 Å². The second kappa shape index (κ2) is 9.11. The third-order valence-corrected chi connectivity index (χ3v) is 5.72. The first-order valence-corrected chi connectivity index (χ1v) is 10.3. The van der Waals surface area contributed by atoms with Gasteiger partial charge in [-0.1, -0.05) is 17.7 Å². The number of esters is 2. The minimum atomic E-state index is -0.464. The van der Waals surface area contributed by atoms with Gasteiger partial charge in [0, 0.05) is 37.5 Å². The van der Waals surface area contributed by atoms with Crippen molar-refractivity contribution in [2.75, 3.05) is 13.7 Å². The lowest BCUT2D eigenvalue weighted by atomic mass is 9.98. The summed E-state index contributed by atoms with van der Waals surface area (Å²) in [7, 11) is 4.89. The zero-order chi connectivity index (χ0) is 22.9. The highest BCUT2D eigenvalue weighted by Crippen LogP contribution is 2.41. The molecule has 0 saturated carbocycles. The van der Waals surface area contributed by atoms with Crippen LogP contribution in [0.3, 0.4) is 0 Å². The number of hydrogen-bond acceptors (Lipinski definition) is 6. The second-order valence-electron chi connectivity index (χ2n) is 7.33. The lowest BCUT2D eigenvalue weighted by molar-refractivity contribution is -0.141. The molecule has 166 valence electrons. The molecule has 1 N–H and O–H groups in total. The highest BCUT2D eigenvalue weighted by Gasteiger charge is 2.27. The number of nitrogens with zero attached hydrogens (tertiary/aromatic N) is 3. The standard InChI is InChI=1S/C22H26ClN3O5/c1-12-18(17(11-27)26(4)24-12)19-16(23)9-8-15-14(7-6-10-31-13(2)28)21(22(29)30-5)25(3)20(15)19/h8-9,27H,6-7,10-11H2,1-5H3. The lowest BCUT2D eigenvalue weighted by Crippen LogP contribution is -2.11. The average molecular weight is 448 g/mol. The molecular formula is C22H26ClN3O5. The number of aliphatic hydroxyl groups is 1. The van der Waals surface area contributed by atoms with Gasteiger partial charge >= 0.3 is 11.9 Å². The molecule has 0 amide bonds. The van der Waals surface area contributed by atoms with Crippen LogP contribution in [0.1, 0.15) is 40.8 Å². The maximum absolute atomic E-state index is 12.7. The number of aliphatic hydroxyl groups excluding tert-OH is 1. The van der Waals surface area contributed by atoms with E-state index in [1.54, 1.807) is 29.4 Å². The monoisotopic (exact) mass is 447 g/mol. The fourth-order valence-corrected chi connectivity index (χ4v) is 4.37. The van der Waals surface area contributed by atoms with Crippen molar-refractivity contribution >= 4 is 34.4 Å². The number of fused-ring (bicyclic) bond motifs is 1. The van der Waals surface area contributed by atoms with E-state index in [0.29, 0.717) is 34.8 Å². The molecule has 0 aliphatic rings. The first-order chi connectivity index (χ1) is 14.7. The molecule has 8 nitrogen and oxygen atoms in total. The first kappa shape index (κ1) is 22.8. The molecule has 0 radical (unpaired) electrons. The number of aryl methyl sites for hydroxylation is 4. The number of rotatable bonds is 7. The van der Waals surface area contributed by atoms with Crippen molar-refractivity contribution in [3.05, 3.63) is 39.8 Å². The fraction of sp³-hybridized carbons (Fsp3) is 0.409. The van der Waals surface area contributed by atoms with E-state index in [1.807, 2.05) is 13.0 Å². The van der Waals surface area contributed by atoms with E-state index in [1.165, 1.54) is 14.0 Å². The van der Waals surface area contributed by atoms with Crippen molar-refractivity contribution in [2.24, 2.45) is 14.1 Å². The normalized spacial score (nSPS) is 11.2. The molecule has 0 atom stereocenters. The number of hydrogen-bond donors (Lipinski definition) is 1. The highest BCUT2D eigenvalue weighted by atomic mass is 35.5. The lowest BCUT2D eigenvalue weighted by Gasteiger charge is -2.11. The Bertz CT molecular complexity index is 1160. The van der Waals surface area contributed by atoms with Crippen LogP contribution in [-0.2, 0) is 41.4 Å². The van der Waals surface area contributed by atoms with E-state index in [4.69, 9.17) is 21.1 Å². The molecule has 2 heterocycles. The van der Waals surface area contributed by atoms with Crippen LogP contribution in [-0.4, -0.2) is 45.1 Å². The van der Waals surface area contributed by atoms with Crippen LogP contribution < -0.4 is 0 Å². The van der Waals surface area contributed by atoms with E-state index in [2.05, 4.69) is 5.10 Å². The number of ether oxygens (including phenoxy) is 2. The number of halogens is 1. The number of methoxy groups -OCH3 is 1. The minimum Gasteiger partial charge on any atom is -0.466 e. The largest absolute Gasteiger partial charge is 0.466 e. The third kappa shape index (κ3) is 4.05. The van der Waals surface area contributed by atoms with Gasteiger partial charge in [0.25, 0.3) is 0 Å². The summed E-state index contributed by atoms with van der Waals surface area (Å²) in [6.45, 7) is 3.26.